The van der Waals surface area contributed by atoms with Crippen molar-refractivity contribution in [2.45, 2.75) is 31.6 Å². The second-order valence-electron chi connectivity index (χ2n) is 5.93. The molecule has 0 aromatic heterocycles. The molecule has 3 rings (SSSR count). The third-order valence-electron chi connectivity index (χ3n) is 4.49. The van der Waals surface area contributed by atoms with Crippen LogP contribution in [0.15, 0.2) is 54.6 Å². The Labute approximate surface area is 133 Å². The van der Waals surface area contributed by atoms with Gasteiger partial charge in [0.25, 0.3) is 0 Å². The fourth-order valence-corrected chi connectivity index (χ4v) is 3.26. The highest BCUT2D eigenvalue weighted by molar-refractivity contribution is 5.39. The number of methoxy groups -OCH3 is 1. The summed E-state index contributed by atoms with van der Waals surface area (Å²) in [5, 5.41) is 0. The highest BCUT2D eigenvalue weighted by atomic mass is 16.5. The molecule has 1 fully saturated rings. The van der Waals surface area contributed by atoms with E-state index in [1.165, 1.54) is 31.2 Å². The van der Waals surface area contributed by atoms with Gasteiger partial charge in [0, 0.05) is 11.5 Å². The summed E-state index contributed by atoms with van der Waals surface area (Å²) >= 11 is 0. The first-order valence-electron chi connectivity index (χ1n) is 8.07. The Balaban J connectivity index is 1.88. The van der Waals surface area contributed by atoms with E-state index in [-0.39, 0.29) is 0 Å². The Morgan fingerprint density at radius 3 is 2.27 bits per heavy atom. The van der Waals surface area contributed by atoms with Gasteiger partial charge in [-0.1, -0.05) is 55.0 Å². The molecule has 2 aromatic carbocycles. The fraction of sp³-hybridized carbons (Fsp3) is 0.333. The molecule has 0 bridgehead atoms. The predicted molar refractivity (Wildman–Crippen MR) is 91.0 cm³/mol. The van der Waals surface area contributed by atoms with Crippen molar-refractivity contribution in [2.75, 3.05) is 7.11 Å². The Hall–Kier alpha value is -2.20. The maximum atomic E-state index is 5.27. The van der Waals surface area contributed by atoms with Crippen molar-refractivity contribution in [2.24, 2.45) is 5.92 Å². The third kappa shape index (κ3) is 3.52. The summed E-state index contributed by atoms with van der Waals surface area (Å²) in [7, 11) is 1.71. The highest BCUT2D eigenvalue weighted by Gasteiger charge is 2.24. The number of ether oxygens (including phenoxy) is 1. The molecule has 1 unspecified atom stereocenters. The van der Waals surface area contributed by atoms with Gasteiger partial charge in [-0.05, 0) is 48.6 Å². The van der Waals surface area contributed by atoms with E-state index < -0.39 is 0 Å². The minimum Gasteiger partial charge on any atom is -0.497 e. The lowest BCUT2D eigenvalue weighted by Crippen LogP contribution is -2.08. The van der Waals surface area contributed by atoms with Gasteiger partial charge in [-0.2, -0.15) is 0 Å². The molecule has 1 heteroatoms. The molecular weight excluding hydrogens is 268 g/mol. The van der Waals surface area contributed by atoms with Gasteiger partial charge in [-0.25, -0.2) is 0 Å². The van der Waals surface area contributed by atoms with Crippen LogP contribution in [0.25, 0.3) is 0 Å². The summed E-state index contributed by atoms with van der Waals surface area (Å²) in [6.45, 7) is 0. The normalized spacial score (nSPS) is 15.9. The van der Waals surface area contributed by atoms with Gasteiger partial charge < -0.3 is 4.74 Å². The van der Waals surface area contributed by atoms with Gasteiger partial charge in [-0.3, -0.25) is 0 Å². The minimum atomic E-state index is 0.327. The lowest BCUT2D eigenvalue weighted by molar-refractivity contribution is 0.414. The van der Waals surface area contributed by atoms with E-state index in [1.807, 2.05) is 30.3 Å². The molecule has 1 atom stereocenters. The van der Waals surface area contributed by atoms with Crippen LogP contribution in [0.2, 0.25) is 0 Å². The Morgan fingerprint density at radius 1 is 0.955 bits per heavy atom. The summed E-state index contributed by atoms with van der Waals surface area (Å²) in [6, 6.07) is 18.7. The summed E-state index contributed by atoms with van der Waals surface area (Å²) in [5.74, 6) is 8.83. The van der Waals surface area contributed by atoms with Crippen molar-refractivity contribution >= 4 is 0 Å². The van der Waals surface area contributed by atoms with Gasteiger partial charge in [0.15, 0.2) is 0 Å². The summed E-state index contributed by atoms with van der Waals surface area (Å²) < 4.78 is 5.27. The monoisotopic (exact) mass is 290 g/mol. The quantitative estimate of drug-likeness (QED) is 0.721. The molecule has 0 N–H and O–H groups in total. The van der Waals surface area contributed by atoms with E-state index >= 15 is 0 Å². The molecule has 0 radical (unpaired) electrons. The molecule has 1 saturated carbocycles. The fourth-order valence-electron chi connectivity index (χ4n) is 3.26. The molecule has 22 heavy (non-hydrogen) atoms. The van der Waals surface area contributed by atoms with Crippen molar-refractivity contribution in [3.63, 3.8) is 0 Å². The van der Waals surface area contributed by atoms with E-state index in [4.69, 9.17) is 4.74 Å². The average Bonchev–Trinajstić information content (AvgIpc) is 3.11. The first kappa shape index (κ1) is 14.7. The van der Waals surface area contributed by atoms with Crippen LogP contribution in [0.3, 0.4) is 0 Å². The first-order valence-corrected chi connectivity index (χ1v) is 8.07. The van der Waals surface area contributed by atoms with E-state index in [9.17, 15) is 0 Å². The van der Waals surface area contributed by atoms with E-state index in [0.29, 0.717) is 11.8 Å². The van der Waals surface area contributed by atoms with Gasteiger partial charge in [0.05, 0.1) is 7.11 Å². The molecule has 1 nitrogen and oxygen atoms in total. The molecule has 0 saturated heterocycles. The summed E-state index contributed by atoms with van der Waals surface area (Å²) in [4.78, 5) is 0. The molecule has 0 heterocycles. The summed E-state index contributed by atoms with van der Waals surface area (Å²) in [5.41, 5.74) is 2.41. The molecule has 112 valence electrons. The smallest absolute Gasteiger partial charge is 0.118 e. The van der Waals surface area contributed by atoms with Crippen molar-refractivity contribution in [3.8, 4) is 17.6 Å². The zero-order valence-corrected chi connectivity index (χ0v) is 13.1. The van der Waals surface area contributed by atoms with Crippen LogP contribution in [-0.4, -0.2) is 7.11 Å². The maximum absolute atomic E-state index is 5.27. The lowest BCUT2D eigenvalue weighted by Gasteiger charge is -2.18. The Bertz CT molecular complexity index is 640. The van der Waals surface area contributed by atoms with Gasteiger partial charge in [0.1, 0.15) is 5.75 Å². The van der Waals surface area contributed by atoms with Gasteiger partial charge >= 0.3 is 0 Å². The molecule has 0 amide bonds. The van der Waals surface area contributed by atoms with Crippen LogP contribution >= 0.6 is 0 Å². The number of benzene rings is 2. The molecular formula is C21H22O. The zero-order chi connectivity index (χ0) is 15.2. The number of rotatable bonds is 3. The van der Waals surface area contributed by atoms with Crippen LogP contribution in [0.5, 0.6) is 5.75 Å². The van der Waals surface area contributed by atoms with Crippen LogP contribution in [-0.2, 0) is 0 Å². The zero-order valence-electron chi connectivity index (χ0n) is 13.1. The predicted octanol–water partition coefficient (Wildman–Crippen LogP) is 5.02. The number of hydrogen-bond donors (Lipinski definition) is 0. The lowest BCUT2D eigenvalue weighted by atomic mass is 9.85. The average molecular weight is 290 g/mol. The molecule has 1 aliphatic rings. The highest BCUT2D eigenvalue weighted by Crippen LogP contribution is 2.37. The molecule has 0 aliphatic heterocycles. The van der Waals surface area contributed by atoms with E-state index in [1.54, 1.807) is 7.11 Å². The standard InChI is InChI=1S/C21H22O/c1-22-20-14-12-19(13-15-20)21(18-9-5-6-10-18)16-11-17-7-3-2-4-8-17/h2-4,7-8,12-15,18,21H,5-6,9-10H2,1H3. The maximum Gasteiger partial charge on any atom is 0.118 e. The topological polar surface area (TPSA) is 9.23 Å². The van der Waals surface area contributed by atoms with Crippen LogP contribution in [0.1, 0.15) is 42.7 Å². The minimum absolute atomic E-state index is 0.327. The first-order chi connectivity index (χ1) is 10.9. The van der Waals surface area contributed by atoms with E-state index in [2.05, 4.69) is 36.1 Å². The van der Waals surface area contributed by atoms with Crippen molar-refractivity contribution in [1.82, 2.24) is 0 Å². The Kier molecular flexibility index (Phi) is 4.81. The second kappa shape index (κ2) is 7.18. The van der Waals surface area contributed by atoms with Crippen molar-refractivity contribution in [3.05, 3.63) is 65.7 Å². The summed E-state index contributed by atoms with van der Waals surface area (Å²) in [6.07, 6.45) is 5.26. The van der Waals surface area contributed by atoms with Crippen molar-refractivity contribution in [1.29, 1.82) is 0 Å². The van der Waals surface area contributed by atoms with Gasteiger partial charge in [-0.15, -0.1) is 0 Å². The third-order valence-corrected chi connectivity index (χ3v) is 4.49. The SMILES string of the molecule is COc1ccc(C(C#Cc2ccccc2)C2CCCC2)cc1. The van der Waals surface area contributed by atoms with Crippen molar-refractivity contribution < 1.29 is 4.74 Å². The Morgan fingerprint density at radius 2 is 1.64 bits per heavy atom. The molecule has 0 spiro atoms. The van der Waals surface area contributed by atoms with Crippen LogP contribution in [0, 0.1) is 17.8 Å². The molecule has 1 aliphatic carbocycles. The van der Waals surface area contributed by atoms with Gasteiger partial charge in [0.2, 0.25) is 0 Å². The number of hydrogen-bond acceptors (Lipinski definition) is 1. The molecule has 2 aromatic rings. The van der Waals surface area contributed by atoms with Crippen LogP contribution < -0.4 is 4.74 Å². The second-order valence-corrected chi connectivity index (χ2v) is 5.93. The largest absolute Gasteiger partial charge is 0.497 e. The van der Waals surface area contributed by atoms with E-state index in [0.717, 1.165) is 11.3 Å². The van der Waals surface area contributed by atoms with Crippen LogP contribution in [0.4, 0.5) is 0 Å².